The van der Waals surface area contributed by atoms with E-state index in [1.165, 1.54) is 0 Å². The monoisotopic (exact) mass is 374 g/mol. The van der Waals surface area contributed by atoms with Crippen LogP contribution in [0.15, 0.2) is 0 Å². The SMILES string of the molecule is CC(C)C(NC(=O)C(CCC(=O)O)NC(=O)C(N)CCCCN)C(=O)O. The summed E-state index contributed by atoms with van der Waals surface area (Å²) in [5.41, 5.74) is 11.1. The van der Waals surface area contributed by atoms with E-state index < -0.39 is 41.9 Å². The molecule has 0 spiro atoms. The Bertz CT molecular complexity index is 497. The number of carboxylic acids is 2. The molecule has 0 aliphatic carbocycles. The lowest BCUT2D eigenvalue weighted by molar-refractivity contribution is -0.144. The largest absolute Gasteiger partial charge is 0.481 e. The summed E-state index contributed by atoms with van der Waals surface area (Å²) < 4.78 is 0. The smallest absolute Gasteiger partial charge is 0.326 e. The number of nitrogens with two attached hydrogens (primary N) is 2. The van der Waals surface area contributed by atoms with Crippen LogP contribution in [0.1, 0.15) is 46.0 Å². The van der Waals surface area contributed by atoms with Gasteiger partial charge >= 0.3 is 11.9 Å². The Morgan fingerprint density at radius 3 is 2.04 bits per heavy atom. The molecule has 10 nitrogen and oxygen atoms in total. The number of amides is 2. The number of carbonyl (C=O) groups is 4. The molecule has 0 aromatic heterocycles. The van der Waals surface area contributed by atoms with Crippen LogP contribution in [0.4, 0.5) is 0 Å². The summed E-state index contributed by atoms with van der Waals surface area (Å²) in [6.45, 7) is 3.72. The van der Waals surface area contributed by atoms with Crippen LogP contribution in [0.25, 0.3) is 0 Å². The van der Waals surface area contributed by atoms with E-state index in [0.29, 0.717) is 25.8 Å². The maximum Gasteiger partial charge on any atom is 0.326 e. The van der Waals surface area contributed by atoms with Crippen molar-refractivity contribution in [2.45, 2.75) is 64.1 Å². The van der Waals surface area contributed by atoms with Crippen molar-refractivity contribution in [3.63, 3.8) is 0 Å². The van der Waals surface area contributed by atoms with Crippen LogP contribution >= 0.6 is 0 Å². The maximum absolute atomic E-state index is 12.4. The second-order valence-electron chi connectivity index (χ2n) is 6.45. The molecular weight excluding hydrogens is 344 g/mol. The van der Waals surface area contributed by atoms with E-state index in [1.54, 1.807) is 13.8 Å². The van der Waals surface area contributed by atoms with Crippen LogP contribution in [0.3, 0.4) is 0 Å². The zero-order valence-electron chi connectivity index (χ0n) is 15.2. The fraction of sp³-hybridized carbons (Fsp3) is 0.750. The van der Waals surface area contributed by atoms with E-state index in [-0.39, 0.29) is 18.8 Å². The highest BCUT2D eigenvalue weighted by molar-refractivity contribution is 5.92. The summed E-state index contributed by atoms with van der Waals surface area (Å²) in [6, 6.07) is -3.19. The Kier molecular flexibility index (Phi) is 11.2. The molecule has 0 saturated carbocycles. The van der Waals surface area contributed by atoms with Gasteiger partial charge in [-0.15, -0.1) is 0 Å². The molecule has 0 saturated heterocycles. The summed E-state index contributed by atoms with van der Waals surface area (Å²) in [4.78, 5) is 46.5. The summed E-state index contributed by atoms with van der Waals surface area (Å²) in [5, 5.41) is 22.7. The van der Waals surface area contributed by atoms with E-state index >= 15 is 0 Å². The first-order valence-electron chi connectivity index (χ1n) is 8.61. The van der Waals surface area contributed by atoms with Gasteiger partial charge in [-0.25, -0.2) is 4.79 Å². The summed E-state index contributed by atoms with van der Waals surface area (Å²) >= 11 is 0. The second kappa shape index (κ2) is 12.2. The van der Waals surface area contributed by atoms with Crippen molar-refractivity contribution >= 4 is 23.8 Å². The van der Waals surface area contributed by atoms with Gasteiger partial charge in [0.25, 0.3) is 0 Å². The Morgan fingerprint density at radius 2 is 1.58 bits per heavy atom. The molecular formula is C16H30N4O6. The van der Waals surface area contributed by atoms with Crippen molar-refractivity contribution in [1.29, 1.82) is 0 Å². The van der Waals surface area contributed by atoms with Crippen LogP contribution in [0, 0.1) is 5.92 Å². The highest BCUT2D eigenvalue weighted by atomic mass is 16.4. The molecule has 3 atom stereocenters. The first kappa shape index (κ1) is 23.8. The number of hydrogen-bond donors (Lipinski definition) is 6. The van der Waals surface area contributed by atoms with E-state index in [0.717, 1.165) is 0 Å². The first-order valence-corrected chi connectivity index (χ1v) is 8.61. The van der Waals surface area contributed by atoms with Crippen molar-refractivity contribution in [3.8, 4) is 0 Å². The molecule has 2 amide bonds. The van der Waals surface area contributed by atoms with Crippen LogP contribution in [0.2, 0.25) is 0 Å². The Hall–Kier alpha value is -2.20. The average Bonchev–Trinajstić information content (AvgIpc) is 2.55. The van der Waals surface area contributed by atoms with E-state index in [2.05, 4.69) is 10.6 Å². The third kappa shape index (κ3) is 9.33. The van der Waals surface area contributed by atoms with E-state index in [9.17, 15) is 19.2 Å². The number of carboxylic acid groups (broad SMARTS) is 2. The molecule has 0 aromatic rings. The minimum Gasteiger partial charge on any atom is -0.481 e. The van der Waals surface area contributed by atoms with Gasteiger partial charge in [0, 0.05) is 6.42 Å². The summed E-state index contributed by atoms with van der Waals surface area (Å²) in [7, 11) is 0. The fourth-order valence-electron chi connectivity index (χ4n) is 2.22. The third-order valence-corrected chi connectivity index (χ3v) is 3.82. The van der Waals surface area contributed by atoms with Crippen molar-refractivity contribution in [2.75, 3.05) is 6.54 Å². The van der Waals surface area contributed by atoms with Gasteiger partial charge in [0.15, 0.2) is 0 Å². The highest BCUT2D eigenvalue weighted by Gasteiger charge is 2.29. The Morgan fingerprint density at radius 1 is 0.962 bits per heavy atom. The minimum absolute atomic E-state index is 0.174. The molecule has 0 aromatic carbocycles. The maximum atomic E-state index is 12.4. The third-order valence-electron chi connectivity index (χ3n) is 3.82. The lowest BCUT2D eigenvalue weighted by Crippen LogP contribution is -2.55. The molecule has 0 aliphatic rings. The molecule has 26 heavy (non-hydrogen) atoms. The van der Waals surface area contributed by atoms with Gasteiger partial charge in [0.2, 0.25) is 11.8 Å². The number of unbranched alkanes of at least 4 members (excludes halogenated alkanes) is 1. The molecule has 0 radical (unpaired) electrons. The molecule has 8 N–H and O–H groups in total. The molecule has 0 bridgehead atoms. The van der Waals surface area contributed by atoms with Gasteiger partial charge in [0.1, 0.15) is 12.1 Å². The molecule has 0 aliphatic heterocycles. The lowest BCUT2D eigenvalue weighted by atomic mass is 10.0. The lowest BCUT2D eigenvalue weighted by Gasteiger charge is -2.24. The van der Waals surface area contributed by atoms with Crippen LogP contribution in [-0.2, 0) is 19.2 Å². The fourth-order valence-corrected chi connectivity index (χ4v) is 2.22. The van der Waals surface area contributed by atoms with Crippen molar-refractivity contribution in [2.24, 2.45) is 17.4 Å². The standard InChI is InChI=1S/C16H30N4O6/c1-9(2)13(16(25)26)20-15(24)11(6-7-12(21)22)19-14(23)10(18)5-3-4-8-17/h9-11,13H,3-8,17-18H2,1-2H3,(H,19,23)(H,20,24)(H,21,22)(H,25,26). The number of carbonyl (C=O) groups excluding carboxylic acids is 2. The highest BCUT2D eigenvalue weighted by Crippen LogP contribution is 2.06. The van der Waals surface area contributed by atoms with Crippen LogP contribution < -0.4 is 22.1 Å². The zero-order chi connectivity index (χ0) is 20.3. The normalized spacial score (nSPS) is 14.3. The Balaban J connectivity index is 4.97. The van der Waals surface area contributed by atoms with Crippen molar-refractivity contribution in [3.05, 3.63) is 0 Å². The van der Waals surface area contributed by atoms with Crippen molar-refractivity contribution in [1.82, 2.24) is 10.6 Å². The molecule has 0 fully saturated rings. The van der Waals surface area contributed by atoms with Gasteiger partial charge in [-0.2, -0.15) is 0 Å². The Labute approximate surface area is 152 Å². The second-order valence-corrected chi connectivity index (χ2v) is 6.45. The van der Waals surface area contributed by atoms with Gasteiger partial charge in [-0.1, -0.05) is 20.3 Å². The summed E-state index contributed by atoms with van der Waals surface area (Å²) in [5.74, 6) is -4.08. The number of aliphatic carboxylic acids is 2. The van der Waals surface area contributed by atoms with Crippen LogP contribution in [-0.4, -0.2) is 58.6 Å². The number of rotatable bonds is 13. The van der Waals surface area contributed by atoms with Crippen LogP contribution in [0.5, 0.6) is 0 Å². The average molecular weight is 374 g/mol. The van der Waals surface area contributed by atoms with Crippen molar-refractivity contribution < 1.29 is 29.4 Å². The zero-order valence-corrected chi connectivity index (χ0v) is 15.2. The minimum atomic E-state index is -1.21. The quantitative estimate of drug-likeness (QED) is 0.222. The van der Waals surface area contributed by atoms with E-state index in [4.69, 9.17) is 21.7 Å². The van der Waals surface area contributed by atoms with Gasteiger partial charge < -0.3 is 32.3 Å². The number of hydrogen-bond acceptors (Lipinski definition) is 6. The van der Waals surface area contributed by atoms with E-state index in [1.807, 2.05) is 0 Å². The number of nitrogens with one attached hydrogen (secondary N) is 2. The molecule has 150 valence electrons. The molecule has 10 heteroatoms. The van der Waals surface area contributed by atoms with Gasteiger partial charge in [-0.3, -0.25) is 14.4 Å². The summed E-state index contributed by atoms with van der Waals surface area (Å²) in [6.07, 6.45) is 1.19. The van der Waals surface area contributed by atoms with Gasteiger partial charge in [-0.05, 0) is 31.7 Å². The molecule has 3 unspecified atom stereocenters. The predicted octanol–water partition coefficient (Wildman–Crippen LogP) is -0.982. The van der Waals surface area contributed by atoms with Gasteiger partial charge in [0.05, 0.1) is 6.04 Å². The molecule has 0 rings (SSSR count). The topological polar surface area (TPSA) is 185 Å². The molecule has 0 heterocycles. The predicted molar refractivity (Wildman–Crippen MR) is 94.1 cm³/mol. The first-order chi connectivity index (χ1) is 12.1.